The number of piperazine rings is 1. The van der Waals surface area contributed by atoms with Crippen molar-refractivity contribution in [3.63, 3.8) is 0 Å². The average Bonchev–Trinajstić information content (AvgIpc) is 3.78. The summed E-state index contributed by atoms with van der Waals surface area (Å²) in [4.78, 5) is 59.2. The van der Waals surface area contributed by atoms with Gasteiger partial charge in [-0.15, -0.1) is 0 Å². The van der Waals surface area contributed by atoms with Gasteiger partial charge in [0.05, 0.1) is 65.9 Å². The molecule has 4 amide bonds. The lowest BCUT2D eigenvalue weighted by Crippen LogP contribution is -2.61. The quantitative estimate of drug-likeness (QED) is 0.131. The van der Waals surface area contributed by atoms with Gasteiger partial charge in [-0.2, -0.15) is 5.10 Å². The van der Waals surface area contributed by atoms with Crippen LogP contribution in [0, 0.1) is 0 Å². The lowest BCUT2D eigenvalue weighted by molar-refractivity contribution is -0.137. The highest BCUT2D eigenvalue weighted by Crippen LogP contribution is 2.40. The van der Waals surface area contributed by atoms with Crippen LogP contribution in [-0.4, -0.2) is 133 Å². The lowest BCUT2D eigenvalue weighted by atomic mass is 9.77. The number of hydrogen-bond acceptors (Lipinski definition) is 13. The Kier molecular flexibility index (Phi) is 12.7. The zero-order chi connectivity index (χ0) is 49.0. The van der Waals surface area contributed by atoms with E-state index in [1.807, 2.05) is 46.2 Å². The third-order valence-corrected chi connectivity index (χ3v) is 14.7. The first kappa shape index (κ1) is 47.6. The van der Waals surface area contributed by atoms with Gasteiger partial charge in [-0.3, -0.25) is 43.9 Å². The van der Waals surface area contributed by atoms with E-state index < -0.39 is 50.8 Å². The highest BCUT2D eigenvalue weighted by molar-refractivity contribution is 7.90. The van der Waals surface area contributed by atoms with E-state index in [1.165, 1.54) is 7.11 Å². The van der Waals surface area contributed by atoms with Gasteiger partial charge in [-0.05, 0) is 92.4 Å². The van der Waals surface area contributed by atoms with E-state index in [2.05, 4.69) is 10.4 Å². The summed E-state index contributed by atoms with van der Waals surface area (Å²) < 4.78 is 76.3. The number of hydrogen-bond donors (Lipinski definition) is 1. The summed E-state index contributed by atoms with van der Waals surface area (Å²) >= 11 is 0. The number of nitrogens with zero attached hydrogens (tertiary/aromatic N) is 6. The van der Waals surface area contributed by atoms with E-state index in [0.29, 0.717) is 92.2 Å². The minimum Gasteiger partial charge on any atom is -0.493 e. The smallest absolute Gasteiger partial charge is 0.275 e. The van der Waals surface area contributed by atoms with Gasteiger partial charge in [0, 0.05) is 76.1 Å². The van der Waals surface area contributed by atoms with Crippen molar-refractivity contribution in [3.8, 4) is 23.0 Å². The van der Waals surface area contributed by atoms with Crippen molar-refractivity contribution in [3.05, 3.63) is 107 Å². The molecule has 364 valence electrons. The molecular formula is C50H55F2N7O9S. The van der Waals surface area contributed by atoms with Gasteiger partial charge in [-0.1, -0.05) is 18.2 Å². The number of rotatable bonds is 14. The second-order valence-electron chi connectivity index (χ2n) is 18.6. The van der Waals surface area contributed by atoms with E-state index in [0.717, 1.165) is 27.6 Å². The van der Waals surface area contributed by atoms with Crippen LogP contribution in [0.15, 0.2) is 78.9 Å². The van der Waals surface area contributed by atoms with E-state index in [1.54, 1.807) is 72.9 Å². The van der Waals surface area contributed by atoms with Crippen LogP contribution in [0.4, 0.5) is 14.5 Å². The Labute approximate surface area is 399 Å². The number of ether oxygens (including phenoxy) is 3. The molecule has 19 heteroatoms. The number of carbonyl (C=O) groups is 4. The fourth-order valence-electron chi connectivity index (χ4n) is 10.2. The number of piperidine rings is 2. The molecule has 3 saturated heterocycles. The number of benzene rings is 4. The lowest BCUT2D eigenvalue weighted by Gasteiger charge is -2.46. The Morgan fingerprint density at radius 3 is 2.28 bits per heavy atom. The summed E-state index contributed by atoms with van der Waals surface area (Å²) in [6, 6.07) is 20.6. The molecule has 5 aromatic rings. The summed E-state index contributed by atoms with van der Waals surface area (Å²) in [6.45, 7) is 5.95. The largest absolute Gasteiger partial charge is 0.493 e. The monoisotopic (exact) mass is 967 g/mol. The van der Waals surface area contributed by atoms with Crippen molar-refractivity contribution in [2.24, 2.45) is 7.05 Å². The Hall–Kier alpha value is -6.44. The van der Waals surface area contributed by atoms with Crippen molar-refractivity contribution >= 4 is 50.1 Å². The predicted octanol–water partition coefficient (Wildman–Crippen LogP) is 5.88. The number of methoxy groups -OCH3 is 1. The Bertz CT molecular complexity index is 2960. The number of anilines is 1. The third-order valence-electron chi connectivity index (χ3n) is 13.8. The van der Waals surface area contributed by atoms with Gasteiger partial charge >= 0.3 is 0 Å². The number of fused-ring (bicyclic) bond motifs is 2. The normalized spacial score (nSPS) is 21.6. The maximum absolute atomic E-state index is 16.0. The number of amides is 4. The summed E-state index contributed by atoms with van der Waals surface area (Å²) in [7, 11) is -0.407. The summed E-state index contributed by atoms with van der Waals surface area (Å²) in [6.07, 6.45) is 1.94. The molecule has 69 heavy (non-hydrogen) atoms. The maximum Gasteiger partial charge on any atom is 0.275 e. The van der Waals surface area contributed by atoms with Crippen LogP contribution in [0.25, 0.3) is 10.9 Å². The molecule has 3 atom stereocenters. The Morgan fingerprint density at radius 1 is 0.870 bits per heavy atom. The molecule has 0 radical (unpaired) electrons. The first-order valence-electron chi connectivity index (χ1n) is 23.0. The molecule has 1 N–H and O–H groups in total. The number of nitrogens with one attached hydrogen (secondary N) is 1. The van der Waals surface area contributed by atoms with Crippen molar-refractivity contribution in [2.75, 3.05) is 69.9 Å². The van der Waals surface area contributed by atoms with Crippen LogP contribution in [0.3, 0.4) is 0 Å². The van der Waals surface area contributed by atoms with E-state index >= 15 is 8.78 Å². The maximum atomic E-state index is 16.0. The fraction of sp³-hybridized carbons (Fsp3) is 0.420. The van der Waals surface area contributed by atoms with Crippen molar-refractivity contribution in [1.82, 2.24) is 29.8 Å². The Morgan fingerprint density at radius 2 is 1.59 bits per heavy atom. The Balaban J connectivity index is 0.799. The first-order chi connectivity index (χ1) is 32.8. The van der Waals surface area contributed by atoms with Crippen molar-refractivity contribution in [1.29, 1.82) is 0 Å². The molecule has 4 aromatic carbocycles. The number of aromatic nitrogens is 2. The summed E-state index contributed by atoms with van der Waals surface area (Å²) in [5.74, 6) is -3.44. The topological polar surface area (TPSA) is 173 Å². The minimum absolute atomic E-state index is 0.152. The number of carbonyl (C=O) groups excluding carboxylic acids is 4. The summed E-state index contributed by atoms with van der Waals surface area (Å²) in [5, 5.41) is 7.89. The zero-order valence-electron chi connectivity index (χ0n) is 39.2. The van der Waals surface area contributed by atoms with Crippen LogP contribution in [0.1, 0.15) is 76.7 Å². The second-order valence-corrected chi connectivity index (χ2v) is 20.8. The highest BCUT2D eigenvalue weighted by atomic mass is 32.2. The van der Waals surface area contributed by atoms with Crippen LogP contribution in [0.5, 0.6) is 23.0 Å². The molecule has 0 saturated carbocycles. The van der Waals surface area contributed by atoms with Crippen molar-refractivity contribution < 1.29 is 50.6 Å². The molecule has 0 bridgehead atoms. The van der Waals surface area contributed by atoms with Gasteiger partial charge in [0.2, 0.25) is 11.8 Å². The molecule has 3 fully saturated rings. The van der Waals surface area contributed by atoms with E-state index in [4.69, 9.17) is 14.2 Å². The van der Waals surface area contributed by atoms with E-state index in [-0.39, 0.29) is 42.3 Å². The second kappa shape index (κ2) is 18.5. The predicted molar refractivity (Wildman–Crippen MR) is 253 cm³/mol. The van der Waals surface area contributed by atoms with E-state index in [9.17, 15) is 27.6 Å². The van der Waals surface area contributed by atoms with Gasteiger partial charge < -0.3 is 19.1 Å². The number of alkyl halides is 2. The standard InChI is InChI=1S/C50H55F2N7O9S/c1-6-67-42-25-32(9-16-41(42)66-4)40(29-69(5,64)65)59-46(61)36-14-10-33(26-38(36)47(59)62)57-21-23-58(24-22-57)43-18-20-56(30-50(43,51)52)28-31-7-11-34(12-8-31)68-35-13-15-37-39(27-35)55(3)54-45(37)49(2)19-17-44(60)53-48(49)63/h7-16,25-27,40,43H,6,17-24,28-30H2,1-5H3,(H,53,60,63)/t40-,43-,49+/m1/s1. The van der Waals surface area contributed by atoms with Crippen LogP contribution in [0.2, 0.25) is 0 Å². The molecule has 5 heterocycles. The number of halogens is 2. The molecule has 0 aliphatic carbocycles. The SMILES string of the molecule is CCOc1cc([C@@H](CS(C)(=O)=O)N2C(=O)c3ccc(N4CCN([C@@H]5CCN(Cc6ccc(Oc7ccc8c([C@]9(C)CCC(=O)NC9=O)nn(C)c8c7)cc6)CC5(F)F)CC4)cc3C2=O)ccc1OC. The molecule has 4 aliphatic rings. The molecular weight excluding hydrogens is 913 g/mol. The van der Waals surface area contributed by atoms with Gasteiger partial charge in [-0.25, -0.2) is 17.2 Å². The number of likely N-dealkylation sites (tertiary alicyclic amines) is 1. The third kappa shape index (κ3) is 9.38. The molecule has 0 unspecified atom stereocenters. The van der Waals surface area contributed by atoms with Crippen LogP contribution < -0.4 is 24.4 Å². The minimum atomic E-state index is -3.68. The number of imide groups is 2. The van der Waals surface area contributed by atoms with Gasteiger partial charge in [0.25, 0.3) is 17.7 Å². The summed E-state index contributed by atoms with van der Waals surface area (Å²) in [5.41, 5.74) is 2.67. The van der Waals surface area contributed by atoms with Crippen molar-refractivity contribution in [2.45, 2.75) is 63.1 Å². The first-order valence-corrected chi connectivity index (χ1v) is 25.1. The van der Waals surface area contributed by atoms with Crippen LogP contribution >= 0.6 is 0 Å². The zero-order valence-corrected chi connectivity index (χ0v) is 40.0. The molecule has 0 spiro atoms. The van der Waals surface area contributed by atoms with Gasteiger partial charge in [0.15, 0.2) is 11.5 Å². The fourth-order valence-corrected chi connectivity index (χ4v) is 11.1. The number of sulfone groups is 1. The highest BCUT2D eigenvalue weighted by Gasteiger charge is 2.48. The van der Waals surface area contributed by atoms with Crippen LogP contribution in [-0.2, 0) is 38.4 Å². The molecule has 9 rings (SSSR count). The van der Waals surface area contributed by atoms with Gasteiger partial charge in [0.1, 0.15) is 21.3 Å². The average molecular weight is 968 g/mol. The number of aryl methyl sites for hydroxylation is 1. The molecule has 1 aromatic heterocycles. The molecule has 16 nitrogen and oxygen atoms in total. The molecule has 4 aliphatic heterocycles.